The van der Waals surface area contributed by atoms with Gasteiger partial charge in [0.2, 0.25) is 0 Å². The number of aryl methyl sites for hydroxylation is 2. The lowest BCUT2D eigenvalue weighted by molar-refractivity contribution is -0.121. The molecular formula is C29H26N4O3. The quantitative estimate of drug-likeness (QED) is 0.262. The Labute approximate surface area is 208 Å². The summed E-state index contributed by atoms with van der Waals surface area (Å²) >= 11 is 0. The highest BCUT2D eigenvalue weighted by Crippen LogP contribution is 2.36. The summed E-state index contributed by atoms with van der Waals surface area (Å²) in [4.78, 5) is 17.7. The van der Waals surface area contributed by atoms with Crippen molar-refractivity contribution in [2.75, 3.05) is 0 Å². The maximum atomic E-state index is 12.9. The number of aromatic hydroxyl groups is 1. The average molecular weight is 479 g/mol. The van der Waals surface area contributed by atoms with Gasteiger partial charge in [-0.15, -0.1) is 0 Å². The zero-order valence-electron chi connectivity index (χ0n) is 19.8. The van der Waals surface area contributed by atoms with Crippen molar-refractivity contribution in [3.05, 3.63) is 95.0 Å². The van der Waals surface area contributed by atoms with Crippen LogP contribution in [-0.4, -0.2) is 26.8 Å². The number of fused-ring (bicyclic) bond motifs is 4. The van der Waals surface area contributed by atoms with Crippen molar-refractivity contribution in [1.29, 1.82) is 0 Å². The van der Waals surface area contributed by atoms with Gasteiger partial charge in [-0.05, 0) is 49.1 Å². The topological polar surface area (TPSA) is 92.7 Å². The van der Waals surface area contributed by atoms with Crippen LogP contribution in [0.2, 0.25) is 0 Å². The van der Waals surface area contributed by atoms with Gasteiger partial charge in [0, 0.05) is 29.4 Å². The molecule has 7 nitrogen and oxygen atoms in total. The number of hydrazone groups is 1. The summed E-state index contributed by atoms with van der Waals surface area (Å²) in [7, 11) is 0. The molecule has 0 spiro atoms. The summed E-state index contributed by atoms with van der Waals surface area (Å²) in [6.45, 7) is 0.0807. The number of hydrogen-bond acceptors (Lipinski definition) is 5. The Kier molecular flexibility index (Phi) is 5.73. The summed E-state index contributed by atoms with van der Waals surface area (Å²) in [5.41, 5.74) is 7.94. The van der Waals surface area contributed by atoms with Crippen LogP contribution >= 0.6 is 0 Å². The summed E-state index contributed by atoms with van der Waals surface area (Å²) < 4.78 is 7.94. The number of furan rings is 1. The molecule has 6 rings (SSSR count). The van der Waals surface area contributed by atoms with Gasteiger partial charge in [0.15, 0.2) is 0 Å². The highest BCUT2D eigenvalue weighted by atomic mass is 16.3. The van der Waals surface area contributed by atoms with E-state index in [1.807, 2.05) is 47.0 Å². The van der Waals surface area contributed by atoms with Crippen LogP contribution < -0.4 is 5.43 Å². The molecule has 0 fully saturated rings. The van der Waals surface area contributed by atoms with Crippen LogP contribution in [0, 0.1) is 0 Å². The Morgan fingerprint density at radius 2 is 1.86 bits per heavy atom. The molecule has 1 aliphatic carbocycles. The van der Waals surface area contributed by atoms with Crippen LogP contribution in [0.3, 0.4) is 0 Å². The molecule has 0 aliphatic heterocycles. The molecule has 0 bridgehead atoms. The first kappa shape index (κ1) is 22.1. The maximum Gasteiger partial charge on any atom is 0.260 e. The Morgan fingerprint density at radius 3 is 2.75 bits per heavy atom. The number of imidazole rings is 1. The van der Waals surface area contributed by atoms with Crippen molar-refractivity contribution in [3.63, 3.8) is 0 Å². The first-order valence-electron chi connectivity index (χ1n) is 12.2. The number of para-hydroxylation sites is 2. The average Bonchev–Trinajstić information content (AvgIpc) is 3.44. The molecule has 0 atom stereocenters. The molecule has 0 unspecified atom stereocenters. The Hall–Kier alpha value is -4.39. The molecule has 2 aromatic heterocycles. The Balaban J connectivity index is 1.25. The third-order valence-electron chi connectivity index (χ3n) is 6.76. The van der Waals surface area contributed by atoms with Crippen LogP contribution in [0.1, 0.15) is 41.1 Å². The Morgan fingerprint density at radius 1 is 1.06 bits per heavy atom. The van der Waals surface area contributed by atoms with Gasteiger partial charge in [-0.3, -0.25) is 4.79 Å². The summed E-state index contributed by atoms with van der Waals surface area (Å²) in [5, 5.41) is 15.6. The molecule has 2 N–H and O–H groups in total. The SMILES string of the molecule is O=C(Cn1c(Cc2ccccc2)nc2ccccc21)NN=Cc1c(O)ccc2oc3c(c12)CCCC3. The van der Waals surface area contributed by atoms with E-state index in [9.17, 15) is 9.90 Å². The second kappa shape index (κ2) is 9.34. The van der Waals surface area contributed by atoms with E-state index in [1.165, 1.54) is 6.21 Å². The number of nitrogens with zero attached hydrogens (tertiary/aromatic N) is 3. The monoisotopic (exact) mass is 478 g/mol. The van der Waals surface area contributed by atoms with Crippen LogP contribution in [0.5, 0.6) is 5.75 Å². The fraction of sp³-hybridized carbons (Fsp3) is 0.207. The van der Waals surface area contributed by atoms with Crippen molar-refractivity contribution >= 4 is 34.1 Å². The number of benzene rings is 3. The van der Waals surface area contributed by atoms with Gasteiger partial charge in [0.05, 0.1) is 17.2 Å². The minimum atomic E-state index is -0.274. The minimum Gasteiger partial charge on any atom is -0.507 e. The van der Waals surface area contributed by atoms with E-state index < -0.39 is 0 Å². The molecule has 7 heteroatoms. The van der Waals surface area contributed by atoms with Crippen molar-refractivity contribution in [1.82, 2.24) is 15.0 Å². The van der Waals surface area contributed by atoms with Gasteiger partial charge in [0.25, 0.3) is 5.91 Å². The lowest BCUT2D eigenvalue weighted by atomic mass is 9.94. The number of phenols is 1. The molecule has 3 aromatic carbocycles. The van der Waals surface area contributed by atoms with Gasteiger partial charge < -0.3 is 14.1 Å². The van der Waals surface area contributed by atoms with Crippen molar-refractivity contribution < 1.29 is 14.3 Å². The number of rotatable bonds is 6. The lowest BCUT2D eigenvalue weighted by Gasteiger charge is -2.10. The zero-order valence-corrected chi connectivity index (χ0v) is 19.8. The number of carbonyl (C=O) groups excluding carboxylic acids is 1. The fourth-order valence-corrected chi connectivity index (χ4v) is 5.07. The predicted molar refractivity (Wildman–Crippen MR) is 139 cm³/mol. The van der Waals surface area contributed by atoms with Gasteiger partial charge in [-0.2, -0.15) is 5.10 Å². The number of amides is 1. The lowest BCUT2D eigenvalue weighted by Crippen LogP contribution is -2.24. The van der Waals surface area contributed by atoms with Crippen LogP contribution in [0.25, 0.3) is 22.0 Å². The fourth-order valence-electron chi connectivity index (χ4n) is 5.07. The Bertz CT molecular complexity index is 1600. The number of carbonyl (C=O) groups is 1. The molecule has 1 amide bonds. The van der Waals surface area contributed by atoms with Gasteiger partial charge in [0.1, 0.15) is 29.5 Å². The minimum absolute atomic E-state index is 0.0807. The summed E-state index contributed by atoms with van der Waals surface area (Å²) in [6, 6.07) is 21.3. The van der Waals surface area contributed by atoms with Crippen LogP contribution in [0.4, 0.5) is 0 Å². The van der Waals surface area contributed by atoms with Gasteiger partial charge >= 0.3 is 0 Å². The van der Waals surface area contributed by atoms with E-state index in [0.29, 0.717) is 12.0 Å². The highest BCUT2D eigenvalue weighted by Gasteiger charge is 2.21. The van der Waals surface area contributed by atoms with Crippen molar-refractivity contribution in [2.24, 2.45) is 5.10 Å². The summed E-state index contributed by atoms with van der Waals surface area (Å²) in [6.07, 6.45) is 6.14. The zero-order chi connectivity index (χ0) is 24.5. The van der Waals surface area contributed by atoms with Gasteiger partial charge in [-0.1, -0.05) is 42.5 Å². The van der Waals surface area contributed by atoms with E-state index in [4.69, 9.17) is 9.40 Å². The molecule has 1 aliphatic rings. The standard InChI is InChI=1S/C29H26N4O3/c34-24-14-15-26-29(20-10-4-7-13-25(20)36-26)21(24)17-30-32-28(35)18-33-23-12-6-5-11-22(23)31-27(33)16-19-8-2-1-3-9-19/h1-3,5-6,8-9,11-12,14-15,17,34H,4,7,10,13,16,18H2,(H,32,35). The molecule has 0 saturated heterocycles. The van der Waals surface area contributed by atoms with Crippen molar-refractivity contribution in [3.8, 4) is 5.75 Å². The molecule has 0 saturated carbocycles. The smallest absolute Gasteiger partial charge is 0.260 e. The van der Waals surface area contributed by atoms with Crippen LogP contribution in [-0.2, 0) is 30.6 Å². The molecule has 2 heterocycles. The number of aromatic nitrogens is 2. The normalized spacial score (nSPS) is 13.4. The van der Waals surface area contributed by atoms with E-state index in [-0.39, 0.29) is 18.2 Å². The van der Waals surface area contributed by atoms with E-state index in [2.05, 4.69) is 22.7 Å². The molecular weight excluding hydrogens is 452 g/mol. The van der Waals surface area contributed by atoms with Gasteiger partial charge in [-0.25, -0.2) is 10.4 Å². The molecule has 36 heavy (non-hydrogen) atoms. The van der Waals surface area contributed by atoms with E-state index in [0.717, 1.165) is 70.4 Å². The molecule has 0 radical (unpaired) electrons. The molecule has 5 aromatic rings. The second-order valence-electron chi connectivity index (χ2n) is 9.14. The predicted octanol–water partition coefficient (Wildman–Crippen LogP) is 5.11. The third-order valence-corrected chi connectivity index (χ3v) is 6.76. The first-order chi connectivity index (χ1) is 17.7. The number of nitrogens with one attached hydrogen (secondary N) is 1. The third kappa shape index (κ3) is 4.13. The van der Waals surface area contributed by atoms with Crippen molar-refractivity contribution in [2.45, 2.75) is 38.6 Å². The second-order valence-corrected chi connectivity index (χ2v) is 9.14. The summed E-state index contributed by atoms with van der Waals surface area (Å²) in [5.74, 6) is 1.64. The van der Waals surface area contributed by atoms with E-state index >= 15 is 0 Å². The molecule has 180 valence electrons. The largest absolute Gasteiger partial charge is 0.507 e. The van der Waals surface area contributed by atoms with E-state index in [1.54, 1.807) is 12.1 Å². The van der Waals surface area contributed by atoms with Crippen LogP contribution in [0.15, 0.2) is 76.2 Å². The maximum absolute atomic E-state index is 12.9. The highest BCUT2D eigenvalue weighted by molar-refractivity contribution is 6.03. The number of phenolic OH excluding ortho intramolecular Hbond substituents is 1. The number of hydrogen-bond donors (Lipinski definition) is 2. The first-order valence-corrected chi connectivity index (χ1v) is 12.2.